The van der Waals surface area contributed by atoms with Crippen LogP contribution in [0.5, 0.6) is 0 Å². The van der Waals surface area contributed by atoms with Crippen molar-refractivity contribution in [1.82, 2.24) is 0 Å². The number of hydrogen-bond acceptors (Lipinski definition) is 1. The van der Waals surface area contributed by atoms with Crippen molar-refractivity contribution in [2.75, 3.05) is 5.32 Å². The van der Waals surface area contributed by atoms with Gasteiger partial charge in [0.2, 0.25) is 0 Å². The summed E-state index contributed by atoms with van der Waals surface area (Å²) in [5.41, 5.74) is 1.25. The normalized spacial score (nSPS) is 19.2. The fourth-order valence-electron chi connectivity index (χ4n) is 1.85. The van der Waals surface area contributed by atoms with E-state index in [0.717, 1.165) is 5.92 Å². The van der Waals surface area contributed by atoms with Crippen LogP contribution in [-0.2, 0) is 0 Å². The van der Waals surface area contributed by atoms with Gasteiger partial charge in [0.05, 0.1) is 0 Å². The van der Waals surface area contributed by atoms with Crippen molar-refractivity contribution in [3.05, 3.63) is 30.3 Å². The Hall–Kier alpha value is -0.980. The van der Waals surface area contributed by atoms with Crippen LogP contribution in [0.1, 0.15) is 26.2 Å². The fraction of sp³-hybridized carbons (Fsp3) is 0.500. The van der Waals surface area contributed by atoms with Crippen molar-refractivity contribution in [3.63, 3.8) is 0 Å². The Kier molecular flexibility index (Phi) is 2.53. The Labute approximate surface area is 80.2 Å². The molecular weight excluding hydrogens is 158 g/mol. The van der Waals surface area contributed by atoms with Crippen molar-refractivity contribution >= 4 is 5.69 Å². The number of rotatable bonds is 3. The van der Waals surface area contributed by atoms with Gasteiger partial charge in [0.15, 0.2) is 0 Å². The topological polar surface area (TPSA) is 12.0 Å². The van der Waals surface area contributed by atoms with Gasteiger partial charge in [-0.3, -0.25) is 0 Å². The molecular formula is C12H17N. The van der Waals surface area contributed by atoms with Crippen LogP contribution in [0.2, 0.25) is 0 Å². The predicted molar refractivity (Wildman–Crippen MR) is 56.9 cm³/mol. The predicted octanol–water partition coefficient (Wildman–Crippen LogP) is 3.29. The monoisotopic (exact) mass is 175 g/mol. The molecule has 13 heavy (non-hydrogen) atoms. The zero-order valence-corrected chi connectivity index (χ0v) is 8.16. The van der Waals surface area contributed by atoms with Crippen molar-refractivity contribution < 1.29 is 0 Å². The molecule has 0 aromatic heterocycles. The van der Waals surface area contributed by atoms with Crippen LogP contribution in [-0.4, -0.2) is 6.04 Å². The average Bonchev–Trinajstić information content (AvgIpc) is 2.02. The maximum Gasteiger partial charge on any atom is 0.0342 e. The molecule has 1 nitrogen and oxygen atoms in total. The van der Waals surface area contributed by atoms with Gasteiger partial charge in [-0.1, -0.05) is 24.6 Å². The van der Waals surface area contributed by atoms with E-state index in [1.54, 1.807) is 0 Å². The van der Waals surface area contributed by atoms with E-state index in [2.05, 4.69) is 42.6 Å². The second-order valence-corrected chi connectivity index (χ2v) is 3.99. The van der Waals surface area contributed by atoms with Gasteiger partial charge in [-0.05, 0) is 37.8 Å². The Morgan fingerprint density at radius 3 is 2.46 bits per heavy atom. The lowest BCUT2D eigenvalue weighted by atomic mass is 9.80. The van der Waals surface area contributed by atoms with Crippen LogP contribution in [0.15, 0.2) is 30.3 Å². The highest BCUT2D eigenvalue weighted by Gasteiger charge is 2.23. The summed E-state index contributed by atoms with van der Waals surface area (Å²) in [6.45, 7) is 2.29. The van der Waals surface area contributed by atoms with Crippen molar-refractivity contribution in [3.8, 4) is 0 Å². The summed E-state index contributed by atoms with van der Waals surface area (Å²) in [6, 6.07) is 11.1. The highest BCUT2D eigenvalue weighted by atomic mass is 14.9. The molecule has 1 heteroatoms. The summed E-state index contributed by atoms with van der Waals surface area (Å²) in [6.07, 6.45) is 4.23. The number of benzene rings is 1. The number of para-hydroxylation sites is 1. The first-order chi connectivity index (χ1) is 6.36. The van der Waals surface area contributed by atoms with Gasteiger partial charge >= 0.3 is 0 Å². The van der Waals surface area contributed by atoms with Crippen molar-refractivity contribution in [1.29, 1.82) is 0 Å². The second kappa shape index (κ2) is 3.82. The van der Waals surface area contributed by atoms with E-state index in [-0.39, 0.29) is 0 Å². The van der Waals surface area contributed by atoms with Gasteiger partial charge in [0, 0.05) is 11.7 Å². The fourth-order valence-corrected chi connectivity index (χ4v) is 1.85. The molecule has 2 rings (SSSR count). The van der Waals surface area contributed by atoms with Crippen LogP contribution in [0.25, 0.3) is 0 Å². The van der Waals surface area contributed by atoms with Crippen molar-refractivity contribution in [2.45, 2.75) is 32.2 Å². The van der Waals surface area contributed by atoms with E-state index in [0.29, 0.717) is 6.04 Å². The molecule has 1 N–H and O–H groups in total. The van der Waals surface area contributed by atoms with E-state index in [1.165, 1.54) is 24.9 Å². The quantitative estimate of drug-likeness (QED) is 0.743. The van der Waals surface area contributed by atoms with E-state index >= 15 is 0 Å². The van der Waals surface area contributed by atoms with E-state index < -0.39 is 0 Å². The first-order valence-corrected chi connectivity index (χ1v) is 5.18. The Morgan fingerprint density at radius 1 is 1.23 bits per heavy atom. The van der Waals surface area contributed by atoms with Gasteiger partial charge in [0.1, 0.15) is 0 Å². The zero-order chi connectivity index (χ0) is 9.10. The minimum absolute atomic E-state index is 0.635. The lowest BCUT2D eigenvalue weighted by Crippen LogP contribution is -2.30. The van der Waals surface area contributed by atoms with Gasteiger partial charge in [-0.2, -0.15) is 0 Å². The van der Waals surface area contributed by atoms with Crippen LogP contribution in [0, 0.1) is 5.92 Å². The lowest BCUT2D eigenvalue weighted by molar-refractivity contribution is 0.285. The van der Waals surface area contributed by atoms with E-state index in [9.17, 15) is 0 Å². The zero-order valence-electron chi connectivity index (χ0n) is 8.16. The molecule has 1 unspecified atom stereocenters. The molecule has 1 aromatic carbocycles. The Bertz CT molecular complexity index is 251. The maximum atomic E-state index is 3.54. The number of anilines is 1. The molecule has 0 radical (unpaired) electrons. The molecule has 1 fully saturated rings. The molecule has 1 saturated carbocycles. The molecule has 0 amide bonds. The third kappa shape index (κ3) is 2.03. The smallest absolute Gasteiger partial charge is 0.0342 e. The first kappa shape index (κ1) is 8.61. The lowest BCUT2D eigenvalue weighted by Gasteiger charge is -2.32. The average molecular weight is 175 g/mol. The summed E-state index contributed by atoms with van der Waals surface area (Å²) in [5.74, 6) is 0.903. The molecule has 1 aliphatic rings. The molecule has 70 valence electrons. The van der Waals surface area contributed by atoms with Crippen LogP contribution >= 0.6 is 0 Å². The minimum atomic E-state index is 0.635. The Balaban J connectivity index is 1.90. The summed E-state index contributed by atoms with van der Waals surface area (Å²) in [5, 5.41) is 3.54. The summed E-state index contributed by atoms with van der Waals surface area (Å²) in [4.78, 5) is 0. The molecule has 0 heterocycles. The SMILES string of the molecule is CC(Nc1ccccc1)C1CCC1. The van der Waals surface area contributed by atoms with Crippen LogP contribution in [0.4, 0.5) is 5.69 Å². The van der Waals surface area contributed by atoms with Crippen molar-refractivity contribution in [2.24, 2.45) is 5.92 Å². The molecule has 0 aliphatic heterocycles. The summed E-state index contributed by atoms with van der Waals surface area (Å²) in [7, 11) is 0. The maximum absolute atomic E-state index is 3.54. The van der Waals surface area contributed by atoms with Crippen LogP contribution < -0.4 is 5.32 Å². The molecule has 1 aromatic rings. The molecule has 1 atom stereocenters. The number of nitrogens with one attached hydrogen (secondary N) is 1. The Morgan fingerprint density at radius 2 is 1.92 bits per heavy atom. The number of hydrogen-bond donors (Lipinski definition) is 1. The van der Waals surface area contributed by atoms with E-state index in [4.69, 9.17) is 0 Å². The van der Waals surface area contributed by atoms with E-state index in [1.807, 2.05) is 0 Å². The highest BCUT2D eigenvalue weighted by Crippen LogP contribution is 2.30. The second-order valence-electron chi connectivity index (χ2n) is 3.99. The molecule has 0 spiro atoms. The van der Waals surface area contributed by atoms with Crippen LogP contribution in [0.3, 0.4) is 0 Å². The standard InChI is InChI=1S/C12H17N/c1-10(11-6-5-7-11)13-12-8-3-2-4-9-12/h2-4,8-11,13H,5-7H2,1H3. The molecule has 1 aliphatic carbocycles. The summed E-state index contributed by atoms with van der Waals surface area (Å²) >= 11 is 0. The molecule has 0 bridgehead atoms. The third-order valence-electron chi connectivity index (χ3n) is 3.03. The third-order valence-corrected chi connectivity index (χ3v) is 3.03. The molecule has 0 saturated heterocycles. The largest absolute Gasteiger partial charge is 0.382 e. The first-order valence-electron chi connectivity index (χ1n) is 5.18. The van der Waals surface area contributed by atoms with Gasteiger partial charge in [0.25, 0.3) is 0 Å². The minimum Gasteiger partial charge on any atom is -0.382 e. The highest BCUT2D eigenvalue weighted by molar-refractivity contribution is 5.43. The van der Waals surface area contributed by atoms with Gasteiger partial charge < -0.3 is 5.32 Å². The van der Waals surface area contributed by atoms with Gasteiger partial charge in [-0.25, -0.2) is 0 Å². The van der Waals surface area contributed by atoms with Gasteiger partial charge in [-0.15, -0.1) is 0 Å². The summed E-state index contributed by atoms with van der Waals surface area (Å²) < 4.78 is 0.